The largest absolute Gasteiger partial charge is 0.382 e. The van der Waals surface area contributed by atoms with Crippen LogP contribution in [0.3, 0.4) is 0 Å². The normalized spacial score (nSPS) is 10.6. The smallest absolute Gasteiger partial charge is 0.0465 e. The Hall–Kier alpha value is -0.0800. The summed E-state index contributed by atoms with van der Waals surface area (Å²) in [5.41, 5.74) is 0. The number of hydrogen-bond acceptors (Lipinski definition) is 2. The predicted octanol–water partition coefficient (Wildman–Crippen LogP) is 2.82. The second-order valence-corrected chi connectivity index (χ2v) is 2.97. The van der Waals surface area contributed by atoms with Crippen LogP contribution in [0.2, 0.25) is 0 Å². The van der Waals surface area contributed by atoms with Gasteiger partial charge < -0.3 is 9.47 Å². The van der Waals surface area contributed by atoms with E-state index in [9.17, 15) is 0 Å². The topological polar surface area (TPSA) is 18.5 Å². The van der Waals surface area contributed by atoms with Crippen LogP contribution in [0.5, 0.6) is 0 Å². The molecule has 1 radical (unpaired) electrons. The summed E-state index contributed by atoms with van der Waals surface area (Å²) in [5, 5.41) is 0. The average molecular weight is 187 g/mol. The van der Waals surface area contributed by atoms with Crippen LogP contribution in [-0.2, 0) is 9.47 Å². The van der Waals surface area contributed by atoms with Crippen LogP contribution < -0.4 is 0 Å². The van der Waals surface area contributed by atoms with Gasteiger partial charge in [0.2, 0.25) is 0 Å². The fourth-order valence-corrected chi connectivity index (χ4v) is 1.09. The zero-order chi connectivity index (χ0) is 9.78. The second-order valence-electron chi connectivity index (χ2n) is 2.97. The Kier molecular flexibility index (Phi) is 11.8. The quantitative estimate of drug-likeness (QED) is 0.490. The molecule has 0 atom stereocenters. The van der Waals surface area contributed by atoms with Crippen LogP contribution in [0.25, 0.3) is 0 Å². The summed E-state index contributed by atoms with van der Waals surface area (Å²) in [6, 6.07) is 0. The highest BCUT2D eigenvalue weighted by molar-refractivity contribution is 4.63. The summed E-state index contributed by atoms with van der Waals surface area (Å²) < 4.78 is 10.5. The van der Waals surface area contributed by atoms with Gasteiger partial charge in [-0.25, -0.2) is 0 Å². The van der Waals surface area contributed by atoms with Gasteiger partial charge in [-0.3, -0.25) is 0 Å². The Bertz CT molecular complexity index is 74.2. The van der Waals surface area contributed by atoms with Crippen molar-refractivity contribution in [1.82, 2.24) is 0 Å². The van der Waals surface area contributed by atoms with E-state index >= 15 is 0 Å². The molecule has 0 bridgehead atoms. The van der Waals surface area contributed by atoms with Crippen LogP contribution in [0.1, 0.15) is 39.5 Å². The minimum Gasteiger partial charge on any atom is -0.382 e. The van der Waals surface area contributed by atoms with E-state index in [4.69, 9.17) is 9.47 Å². The van der Waals surface area contributed by atoms with Gasteiger partial charge in [0.25, 0.3) is 0 Å². The molecule has 0 aromatic heterocycles. The molecule has 0 heterocycles. The zero-order valence-electron chi connectivity index (χ0n) is 9.05. The number of rotatable bonds is 10. The van der Waals surface area contributed by atoms with Crippen molar-refractivity contribution in [2.75, 3.05) is 26.4 Å². The van der Waals surface area contributed by atoms with Gasteiger partial charge in [-0.1, -0.05) is 0 Å². The third kappa shape index (κ3) is 11.9. The van der Waals surface area contributed by atoms with Crippen molar-refractivity contribution >= 4 is 0 Å². The minimum absolute atomic E-state index is 0.838. The fourth-order valence-electron chi connectivity index (χ4n) is 1.09. The first-order chi connectivity index (χ1) is 6.41. The SMILES string of the molecule is CCOCCC[CH]CCCOCC. The predicted molar refractivity (Wildman–Crippen MR) is 55.8 cm³/mol. The summed E-state index contributed by atoms with van der Waals surface area (Å²) in [4.78, 5) is 0. The molecule has 0 amide bonds. The molecule has 0 aliphatic carbocycles. The van der Waals surface area contributed by atoms with Gasteiger partial charge in [0.15, 0.2) is 0 Å². The Balaban J connectivity index is 2.76. The molecular weight excluding hydrogens is 164 g/mol. The molecule has 2 heteroatoms. The molecule has 0 fully saturated rings. The molecule has 13 heavy (non-hydrogen) atoms. The third-order valence-corrected chi connectivity index (χ3v) is 1.80. The van der Waals surface area contributed by atoms with E-state index in [1.54, 1.807) is 0 Å². The molecule has 0 aliphatic heterocycles. The standard InChI is InChI=1S/C11H23O2/c1-3-12-10-8-6-5-7-9-11-13-4-2/h5H,3-4,6-11H2,1-2H3. The average Bonchev–Trinajstić information content (AvgIpc) is 2.16. The van der Waals surface area contributed by atoms with E-state index in [1.807, 2.05) is 13.8 Å². The maximum Gasteiger partial charge on any atom is 0.0465 e. The molecule has 0 N–H and O–H groups in total. The van der Waals surface area contributed by atoms with Gasteiger partial charge in [-0.2, -0.15) is 0 Å². The van der Waals surface area contributed by atoms with Crippen molar-refractivity contribution in [1.29, 1.82) is 0 Å². The van der Waals surface area contributed by atoms with E-state index in [0.717, 1.165) is 39.3 Å². The van der Waals surface area contributed by atoms with E-state index in [2.05, 4.69) is 6.42 Å². The number of hydrogen-bond donors (Lipinski definition) is 0. The van der Waals surface area contributed by atoms with Gasteiger partial charge in [0.1, 0.15) is 0 Å². The second kappa shape index (κ2) is 11.9. The molecule has 0 saturated carbocycles. The van der Waals surface area contributed by atoms with Crippen LogP contribution in [0.15, 0.2) is 0 Å². The minimum atomic E-state index is 0.838. The lowest BCUT2D eigenvalue weighted by molar-refractivity contribution is 0.141. The van der Waals surface area contributed by atoms with Crippen molar-refractivity contribution in [3.8, 4) is 0 Å². The molecule has 79 valence electrons. The van der Waals surface area contributed by atoms with Gasteiger partial charge in [0.05, 0.1) is 0 Å². The fraction of sp³-hybridized carbons (Fsp3) is 0.909. The lowest BCUT2D eigenvalue weighted by Gasteiger charge is -2.02. The highest BCUT2D eigenvalue weighted by atomic mass is 16.5. The van der Waals surface area contributed by atoms with Gasteiger partial charge in [-0.05, 0) is 46.0 Å². The molecule has 0 aromatic rings. The maximum atomic E-state index is 5.23. The van der Waals surface area contributed by atoms with Crippen LogP contribution in [0.4, 0.5) is 0 Å². The highest BCUT2D eigenvalue weighted by Crippen LogP contribution is 2.01. The van der Waals surface area contributed by atoms with Crippen molar-refractivity contribution in [2.45, 2.75) is 39.5 Å². The van der Waals surface area contributed by atoms with E-state index in [0.29, 0.717) is 0 Å². The first kappa shape index (κ1) is 12.9. The summed E-state index contributed by atoms with van der Waals surface area (Å²) in [6.07, 6.45) is 6.99. The number of ether oxygens (including phenoxy) is 2. The lowest BCUT2D eigenvalue weighted by atomic mass is 10.1. The molecule has 0 saturated heterocycles. The van der Waals surface area contributed by atoms with Gasteiger partial charge in [0, 0.05) is 26.4 Å². The maximum absolute atomic E-state index is 5.23. The number of unbranched alkanes of at least 4 members (excludes halogenated alkanes) is 4. The molecule has 2 nitrogen and oxygen atoms in total. The molecule has 0 rings (SSSR count). The first-order valence-electron chi connectivity index (χ1n) is 5.39. The van der Waals surface area contributed by atoms with Crippen LogP contribution in [0, 0.1) is 6.42 Å². The van der Waals surface area contributed by atoms with Crippen molar-refractivity contribution in [3.63, 3.8) is 0 Å². The van der Waals surface area contributed by atoms with E-state index < -0.39 is 0 Å². The zero-order valence-corrected chi connectivity index (χ0v) is 9.05. The Morgan fingerprint density at radius 3 is 1.69 bits per heavy atom. The molecule has 0 aromatic carbocycles. The van der Waals surface area contributed by atoms with Crippen LogP contribution >= 0.6 is 0 Å². The lowest BCUT2D eigenvalue weighted by Crippen LogP contribution is -1.95. The Morgan fingerprint density at radius 1 is 0.846 bits per heavy atom. The van der Waals surface area contributed by atoms with E-state index in [1.165, 1.54) is 12.8 Å². The van der Waals surface area contributed by atoms with Crippen LogP contribution in [-0.4, -0.2) is 26.4 Å². The third-order valence-electron chi connectivity index (χ3n) is 1.80. The summed E-state index contributed by atoms with van der Waals surface area (Å²) in [7, 11) is 0. The summed E-state index contributed by atoms with van der Waals surface area (Å²) >= 11 is 0. The van der Waals surface area contributed by atoms with Crippen molar-refractivity contribution in [2.24, 2.45) is 0 Å². The van der Waals surface area contributed by atoms with Gasteiger partial charge in [-0.15, -0.1) is 0 Å². The molecular formula is C11H23O2. The Morgan fingerprint density at radius 2 is 1.31 bits per heavy atom. The monoisotopic (exact) mass is 187 g/mol. The summed E-state index contributed by atoms with van der Waals surface area (Å²) in [5.74, 6) is 0. The molecule has 0 spiro atoms. The van der Waals surface area contributed by atoms with E-state index in [-0.39, 0.29) is 0 Å². The van der Waals surface area contributed by atoms with Crippen molar-refractivity contribution in [3.05, 3.63) is 6.42 Å². The van der Waals surface area contributed by atoms with Gasteiger partial charge >= 0.3 is 0 Å². The highest BCUT2D eigenvalue weighted by Gasteiger charge is 1.91. The first-order valence-corrected chi connectivity index (χ1v) is 5.39. The molecule has 0 aliphatic rings. The Labute approximate surface area is 82.6 Å². The molecule has 0 unspecified atom stereocenters. The summed E-state index contributed by atoms with van der Waals surface area (Å²) in [6.45, 7) is 7.54. The van der Waals surface area contributed by atoms with Crippen molar-refractivity contribution < 1.29 is 9.47 Å².